The van der Waals surface area contributed by atoms with Crippen molar-refractivity contribution in [3.63, 3.8) is 0 Å². The summed E-state index contributed by atoms with van der Waals surface area (Å²) in [5.41, 5.74) is 1.17. The molecule has 0 atom stereocenters. The molecule has 2 aromatic heterocycles. The number of nitrogens with one attached hydrogen (secondary N) is 2. The Bertz CT molecular complexity index is 1010. The second kappa shape index (κ2) is 10.1. The van der Waals surface area contributed by atoms with E-state index in [2.05, 4.69) is 46.4 Å². The minimum Gasteiger partial charge on any atom is -0.354 e. The van der Waals surface area contributed by atoms with Crippen molar-refractivity contribution in [2.75, 3.05) is 37.8 Å². The number of hydrogen-bond acceptors (Lipinski definition) is 6. The summed E-state index contributed by atoms with van der Waals surface area (Å²) in [5.74, 6) is 0.870. The SMILES string of the molecule is CN(C)CCCNc1nc(Nc2ccc(C(F)(F)F)cc2Br)cc(-c2cccnc2)n1. The van der Waals surface area contributed by atoms with E-state index in [1.54, 1.807) is 24.5 Å². The lowest BCUT2D eigenvalue weighted by atomic mass is 10.2. The fraction of sp³-hybridized carbons (Fsp3) is 0.286. The molecule has 3 aromatic rings. The Morgan fingerprint density at radius 1 is 1.10 bits per heavy atom. The smallest absolute Gasteiger partial charge is 0.354 e. The number of anilines is 3. The highest BCUT2D eigenvalue weighted by Crippen LogP contribution is 2.35. The normalized spacial score (nSPS) is 11.6. The van der Waals surface area contributed by atoms with Gasteiger partial charge in [-0.25, -0.2) is 4.98 Å². The first-order chi connectivity index (χ1) is 14.7. The van der Waals surface area contributed by atoms with Gasteiger partial charge >= 0.3 is 6.18 Å². The third-order valence-corrected chi connectivity index (χ3v) is 4.96. The van der Waals surface area contributed by atoms with Crippen LogP contribution >= 0.6 is 15.9 Å². The van der Waals surface area contributed by atoms with Crippen LogP contribution in [0.3, 0.4) is 0 Å². The molecule has 0 fully saturated rings. The van der Waals surface area contributed by atoms with Crippen LogP contribution in [0.1, 0.15) is 12.0 Å². The Kier molecular flexibility index (Phi) is 7.45. The molecule has 31 heavy (non-hydrogen) atoms. The maximum absolute atomic E-state index is 12.9. The number of nitrogens with zero attached hydrogens (tertiary/aromatic N) is 4. The highest BCUT2D eigenvalue weighted by atomic mass is 79.9. The molecule has 0 bridgehead atoms. The fourth-order valence-electron chi connectivity index (χ4n) is 2.78. The van der Waals surface area contributed by atoms with Gasteiger partial charge in [-0.3, -0.25) is 4.98 Å². The summed E-state index contributed by atoms with van der Waals surface area (Å²) in [5, 5.41) is 6.29. The van der Waals surface area contributed by atoms with Gasteiger partial charge in [-0.1, -0.05) is 0 Å². The number of aromatic nitrogens is 3. The van der Waals surface area contributed by atoms with Crippen LogP contribution in [0.5, 0.6) is 0 Å². The average molecular weight is 495 g/mol. The van der Waals surface area contributed by atoms with Gasteiger partial charge in [0.2, 0.25) is 5.95 Å². The first kappa shape index (κ1) is 23.0. The molecule has 1 aromatic carbocycles. The number of halogens is 4. The molecule has 0 aliphatic rings. The molecule has 0 aliphatic carbocycles. The molecular formula is C21H22BrF3N6. The van der Waals surface area contributed by atoms with Crippen molar-refractivity contribution < 1.29 is 13.2 Å². The fourth-order valence-corrected chi connectivity index (χ4v) is 3.26. The Balaban J connectivity index is 1.87. The second-order valence-electron chi connectivity index (χ2n) is 7.10. The van der Waals surface area contributed by atoms with Crippen LogP contribution in [0.15, 0.2) is 53.3 Å². The van der Waals surface area contributed by atoms with Gasteiger partial charge in [-0.2, -0.15) is 18.2 Å². The van der Waals surface area contributed by atoms with Crippen LogP contribution in [0.25, 0.3) is 11.3 Å². The molecule has 0 saturated carbocycles. The predicted molar refractivity (Wildman–Crippen MR) is 119 cm³/mol. The average Bonchev–Trinajstić information content (AvgIpc) is 2.72. The molecule has 164 valence electrons. The van der Waals surface area contributed by atoms with Crippen LogP contribution < -0.4 is 10.6 Å². The monoisotopic (exact) mass is 494 g/mol. The van der Waals surface area contributed by atoms with E-state index in [4.69, 9.17) is 0 Å². The maximum atomic E-state index is 12.9. The van der Waals surface area contributed by atoms with Gasteiger partial charge in [-0.15, -0.1) is 0 Å². The van der Waals surface area contributed by atoms with Gasteiger partial charge in [0, 0.05) is 35.0 Å². The first-order valence-corrected chi connectivity index (χ1v) is 10.3. The van der Waals surface area contributed by atoms with Gasteiger partial charge < -0.3 is 15.5 Å². The molecule has 6 nitrogen and oxygen atoms in total. The van der Waals surface area contributed by atoms with E-state index in [1.807, 2.05) is 20.2 Å². The van der Waals surface area contributed by atoms with Gasteiger partial charge in [0.25, 0.3) is 0 Å². The summed E-state index contributed by atoms with van der Waals surface area (Å²) in [6.45, 7) is 1.59. The number of alkyl halides is 3. The predicted octanol–water partition coefficient (Wildman–Crippen LogP) is 5.43. The maximum Gasteiger partial charge on any atom is 0.416 e. The van der Waals surface area contributed by atoms with Crippen molar-refractivity contribution >= 4 is 33.4 Å². The molecule has 2 heterocycles. The summed E-state index contributed by atoms with van der Waals surface area (Å²) in [6, 6.07) is 8.84. The second-order valence-corrected chi connectivity index (χ2v) is 7.96. The van der Waals surface area contributed by atoms with Crippen molar-refractivity contribution in [2.24, 2.45) is 0 Å². The Morgan fingerprint density at radius 3 is 2.55 bits per heavy atom. The lowest BCUT2D eigenvalue weighted by Crippen LogP contribution is -2.17. The minimum absolute atomic E-state index is 0.282. The lowest BCUT2D eigenvalue weighted by Gasteiger charge is -2.14. The van der Waals surface area contributed by atoms with Crippen LogP contribution in [-0.2, 0) is 6.18 Å². The van der Waals surface area contributed by atoms with E-state index in [-0.39, 0.29) is 4.47 Å². The molecular weight excluding hydrogens is 473 g/mol. The van der Waals surface area contributed by atoms with E-state index in [0.717, 1.165) is 30.7 Å². The molecule has 0 unspecified atom stereocenters. The van der Waals surface area contributed by atoms with Crippen LogP contribution in [0, 0.1) is 0 Å². The molecule has 0 spiro atoms. The third-order valence-electron chi connectivity index (χ3n) is 4.31. The summed E-state index contributed by atoms with van der Waals surface area (Å²) in [4.78, 5) is 15.2. The zero-order valence-electron chi connectivity index (χ0n) is 17.0. The van der Waals surface area contributed by atoms with Crippen molar-refractivity contribution in [3.05, 3.63) is 58.8 Å². The zero-order valence-corrected chi connectivity index (χ0v) is 18.6. The van der Waals surface area contributed by atoms with E-state index in [1.165, 1.54) is 6.07 Å². The van der Waals surface area contributed by atoms with Crippen LogP contribution in [0.4, 0.5) is 30.6 Å². The quantitative estimate of drug-likeness (QED) is 0.407. The Morgan fingerprint density at radius 2 is 1.90 bits per heavy atom. The Labute approximate surface area is 187 Å². The van der Waals surface area contributed by atoms with E-state index >= 15 is 0 Å². The highest BCUT2D eigenvalue weighted by molar-refractivity contribution is 9.10. The minimum atomic E-state index is -4.41. The third kappa shape index (κ3) is 6.63. The molecule has 0 aliphatic heterocycles. The first-order valence-electron chi connectivity index (χ1n) is 9.54. The number of rotatable bonds is 8. The summed E-state index contributed by atoms with van der Waals surface area (Å²) >= 11 is 3.21. The van der Waals surface area contributed by atoms with Crippen molar-refractivity contribution in [1.29, 1.82) is 0 Å². The van der Waals surface area contributed by atoms with Crippen molar-refractivity contribution in [2.45, 2.75) is 12.6 Å². The van der Waals surface area contributed by atoms with Gasteiger partial charge in [-0.05, 0) is 73.3 Å². The zero-order chi connectivity index (χ0) is 22.4. The Hall–Kier alpha value is -2.72. The van der Waals surface area contributed by atoms with Gasteiger partial charge in [0.1, 0.15) is 5.82 Å². The highest BCUT2D eigenvalue weighted by Gasteiger charge is 2.30. The largest absolute Gasteiger partial charge is 0.416 e. The van der Waals surface area contributed by atoms with Crippen LogP contribution in [0.2, 0.25) is 0 Å². The molecule has 0 saturated heterocycles. The lowest BCUT2D eigenvalue weighted by molar-refractivity contribution is -0.137. The summed E-state index contributed by atoms with van der Waals surface area (Å²) in [7, 11) is 4.01. The van der Waals surface area contributed by atoms with Crippen molar-refractivity contribution in [3.8, 4) is 11.3 Å². The number of hydrogen-bond donors (Lipinski definition) is 2. The summed E-state index contributed by atoms with van der Waals surface area (Å²) < 4.78 is 39.1. The number of benzene rings is 1. The standard InChI is InChI=1S/C21H22BrF3N6/c1-31(2)10-4-9-27-20-29-18(14-5-3-8-26-13-14)12-19(30-20)28-17-7-6-15(11-16(17)22)21(23,24)25/h3,5-8,11-13H,4,9-10H2,1-2H3,(H2,27,28,29,30). The van der Waals surface area contributed by atoms with E-state index < -0.39 is 11.7 Å². The van der Waals surface area contributed by atoms with Gasteiger partial charge in [0.15, 0.2) is 0 Å². The topological polar surface area (TPSA) is 66.0 Å². The molecule has 2 N–H and O–H groups in total. The molecule has 3 rings (SSSR count). The van der Waals surface area contributed by atoms with Gasteiger partial charge in [0.05, 0.1) is 16.9 Å². The molecule has 0 radical (unpaired) electrons. The van der Waals surface area contributed by atoms with Crippen LogP contribution in [-0.4, -0.2) is 47.0 Å². The van der Waals surface area contributed by atoms with E-state index in [9.17, 15) is 13.2 Å². The molecule has 10 heteroatoms. The number of pyridine rings is 1. The summed E-state index contributed by atoms with van der Waals surface area (Å²) in [6.07, 6.45) is -0.145. The van der Waals surface area contributed by atoms with Crippen molar-refractivity contribution in [1.82, 2.24) is 19.9 Å². The molecule has 0 amide bonds. The van der Waals surface area contributed by atoms with E-state index in [0.29, 0.717) is 29.7 Å².